The molecule has 29 heavy (non-hydrogen) atoms. The van der Waals surface area contributed by atoms with Crippen LogP contribution in [0.15, 0.2) is 32.5 Å². The highest BCUT2D eigenvalue weighted by molar-refractivity contribution is 7.99. The molecule has 8 nitrogen and oxygen atoms in total. The van der Waals surface area contributed by atoms with Crippen LogP contribution in [0.5, 0.6) is 0 Å². The maximum absolute atomic E-state index is 12.5. The fourth-order valence-electron chi connectivity index (χ4n) is 3.13. The van der Waals surface area contributed by atoms with Gasteiger partial charge < -0.3 is 18.9 Å². The Labute approximate surface area is 175 Å². The first-order valence-electron chi connectivity index (χ1n) is 9.27. The molecule has 0 radical (unpaired) electrons. The van der Waals surface area contributed by atoms with Crippen molar-refractivity contribution in [2.45, 2.75) is 37.8 Å². The van der Waals surface area contributed by atoms with Crippen molar-refractivity contribution < 1.29 is 23.2 Å². The molecule has 4 rings (SSSR count). The number of aromatic nitrogens is 2. The lowest BCUT2D eigenvalue weighted by Crippen LogP contribution is -2.17. The van der Waals surface area contributed by atoms with Crippen LogP contribution in [0, 0.1) is 0 Å². The highest BCUT2D eigenvalue weighted by Crippen LogP contribution is 2.38. The van der Waals surface area contributed by atoms with Crippen molar-refractivity contribution in [2.75, 3.05) is 17.7 Å². The van der Waals surface area contributed by atoms with Crippen LogP contribution in [0.3, 0.4) is 0 Å². The Balaban J connectivity index is 1.43. The van der Waals surface area contributed by atoms with Crippen LogP contribution in [0.4, 0.5) is 5.00 Å². The van der Waals surface area contributed by atoms with Crippen molar-refractivity contribution in [3.63, 3.8) is 0 Å². The standard InChI is InChI=1S/C19H19N3O5S2/c1-2-25-18(24)15-11-6-3-4-8-13(11)29-17(15)20-14(23)10-28-19-22-21-16(27-19)12-7-5-9-26-12/h5,7,9H,2-4,6,8,10H2,1H3,(H,20,23). The monoisotopic (exact) mass is 433 g/mol. The molecule has 0 saturated carbocycles. The molecular weight excluding hydrogens is 414 g/mol. The first-order chi connectivity index (χ1) is 14.2. The largest absolute Gasteiger partial charge is 0.462 e. The number of hydrogen-bond donors (Lipinski definition) is 1. The molecule has 3 aromatic heterocycles. The average Bonchev–Trinajstić information content (AvgIpc) is 3.45. The van der Waals surface area contributed by atoms with Crippen LogP contribution in [-0.2, 0) is 22.4 Å². The van der Waals surface area contributed by atoms with Crippen molar-refractivity contribution in [3.05, 3.63) is 34.4 Å². The number of thioether (sulfide) groups is 1. The van der Waals surface area contributed by atoms with Gasteiger partial charge in [-0.25, -0.2) is 4.79 Å². The molecule has 0 atom stereocenters. The highest BCUT2D eigenvalue weighted by Gasteiger charge is 2.27. The molecule has 1 aliphatic carbocycles. The summed E-state index contributed by atoms with van der Waals surface area (Å²) < 4.78 is 15.9. The van der Waals surface area contributed by atoms with Crippen LogP contribution in [0.25, 0.3) is 11.7 Å². The molecule has 0 spiro atoms. The third-order valence-electron chi connectivity index (χ3n) is 4.37. The lowest BCUT2D eigenvalue weighted by Gasteiger charge is -2.12. The summed E-state index contributed by atoms with van der Waals surface area (Å²) in [5.74, 6) is 0.169. The van der Waals surface area contributed by atoms with Gasteiger partial charge in [-0.15, -0.1) is 21.5 Å². The molecule has 0 saturated heterocycles. The van der Waals surface area contributed by atoms with E-state index in [1.165, 1.54) is 17.6 Å². The number of nitrogens with one attached hydrogen (secondary N) is 1. The zero-order valence-electron chi connectivity index (χ0n) is 15.7. The number of amides is 1. The van der Waals surface area contributed by atoms with E-state index in [2.05, 4.69) is 15.5 Å². The zero-order valence-corrected chi connectivity index (χ0v) is 17.4. The number of hydrogen-bond acceptors (Lipinski definition) is 9. The molecule has 3 aromatic rings. The fraction of sp³-hybridized carbons (Fsp3) is 0.368. The lowest BCUT2D eigenvalue weighted by atomic mass is 9.95. The van der Waals surface area contributed by atoms with Crippen molar-refractivity contribution >= 4 is 40.0 Å². The topological polar surface area (TPSA) is 107 Å². The van der Waals surface area contributed by atoms with E-state index in [4.69, 9.17) is 13.6 Å². The molecule has 0 fully saturated rings. The van der Waals surface area contributed by atoms with Gasteiger partial charge in [0.05, 0.1) is 24.2 Å². The van der Waals surface area contributed by atoms with Gasteiger partial charge in [-0.05, 0) is 50.3 Å². The van der Waals surface area contributed by atoms with Gasteiger partial charge in [-0.3, -0.25) is 4.79 Å². The molecule has 1 N–H and O–H groups in total. The minimum Gasteiger partial charge on any atom is -0.462 e. The van der Waals surface area contributed by atoms with Crippen LogP contribution in [0.1, 0.15) is 40.6 Å². The summed E-state index contributed by atoms with van der Waals surface area (Å²) in [5, 5.41) is 11.5. The second-order valence-electron chi connectivity index (χ2n) is 6.32. The van der Waals surface area contributed by atoms with E-state index in [-0.39, 0.29) is 28.7 Å². The molecule has 0 bridgehead atoms. The quantitative estimate of drug-likeness (QED) is 0.437. The zero-order chi connectivity index (χ0) is 20.2. The summed E-state index contributed by atoms with van der Waals surface area (Å²) in [6, 6.07) is 3.44. The third-order valence-corrected chi connectivity index (χ3v) is 6.39. The van der Waals surface area contributed by atoms with E-state index < -0.39 is 0 Å². The van der Waals surface area contributed by atoms with E-state index >= 15 is 0 Å². The fourth-order valence-corrected chi connectivity index (χ4v) is 4.99. The second-order valence-corrected chi connectivity index (χ2v) is 8.35. The van der Waals surface area contributed by atoms with Crippen LogP contribution < -0.4 is 5.32 Å². The van der Waals surface area contributed by atoms with E-state index in [0.717, 1.165) is 47.9 Å². The molecule has 1 amide bonds. The van der Waals surface area contributed by atoms with Crippen molar-refractivity contribution in [3.8, 4) is 11.7 Å². The Morgan fingerprint density at radius 2 is 2.17 bits per heavy atom. The first-order valence-corrected chi connectivity index (χ1v) is 11.1. The smallest absolute Gasteiger partial charge is 0.341 e. The summed E-state index contributed by atoms with van der Waals surface area (Å²) in [4.78, 5) is 26.1. The molecule has 3 heterocycles. The van der Waals surface area contributed by atoms with E-state index in [1.807, 2.05) is 0 Å². The maximum atomic E-state index is 12.5. The van der Waals surface area contributed by atoms with Gasteiger partial charge in [0.15, 0.2) is 5.76 Å². The van der Waals surface area contributed by atoms with Gasteiger partial charge in [0.2, 0.25) is 5.91 Å². The number of anilines is 1. The van der Waals surface area contributed by atoms with Crippen LogP contribution in [-0.4, -0.2) is 34.4 Å². The predicted molar refractivity (Wildman–Crippen MR) is 108 cm³/mol. The van der Waals surface area contributed by atoms with Crippen LogP contribution in [0.2, 0.25) is 0 Å². The number of carbonyl (C=O) groups is 2. The normalized spacial score (nSPS) is 13.1. The summed E-state index contributed by atoms with van der Waals surface area (Å²) in [5.41, 5.74) is 1.52. The minimum absolute atomic E-state index is 0.0740. The van der Waals surface area contributed by atoms with Crippen molar-refractivity contribution in [1.82, 2.24) is 10.2 Å². The number of fused-ring (bicyclic) bond motifs is 1. The number of aryl methyl sites for hydroxylation is 1. The third kappa shape index (κ3) is 4.38. The first kappa shape index (κ1) is 19.7. The molecule has 10 heteroatoms. The Morgan fingerprint density at radius 3 is 2.97 bits per heavy atom. The number of rotatable bonds is 7. The summed E-state index contributed by atoms with van der Waals surface area (Å²) >= 11 is 2.58. The number of carbonyl (C=O) groups excluding carboxylic acids is 2. The number of thiophene rings is 1. The molecule has 1 aliphatic rings. The number of esters is 1. The predicted octanol–water partition coefficient (Wildman–Crippen LogP) is 4.18. The SMILES string of the molecule is CCOC(=O)c1c(NC(=O)CSc2nnc(-c3ccco3)o2)sc2c1CCCC2. The molecule has 0 aliphatic heterocycles. The van der Waals surface area contributed by atoms with Gasteiger partial charge in [-0.1, -0.05) is 11.8 Å². The Hall–Kier alpha value is -2.59. The molecular formula is C19H19N3O5S2. The van der Waals surface area contributed by atoms with E-state index in [9.17, 15) is 9.59 Å². The molecule has 152 valence electrons. The van der Waals surface area contributed by atoms with Crippen molar-refractivity contribution in [2.24, 2.45) is 0 Å². The molecule has 0 aromatic carbocycles. The van der Waals surface area contributed by atoms with Gasteiger partial charge in [0.25, 0.3) is 11.1 Å². The summed E-state index contributed by atoms with van der Waals surface area (Å²) in [6.45, 7) is 2.06. The van der Waals surface area contributed by atoms with Crippen LogP contribution >= 0.6 is 23.1 Å². The summed E-state index contributed by atoms with van der Waals surface area (Å²) in [7, 11) is 0. The van der Waals surface area contributed by atoms with E-state index in [0.29, 0.717) is 22.9 Å². The summed E-state index contributed by atoms with van der Waals surface area (Å²) in [6.07, 6.45) is 5.40. The second kappa shape index (κ2) is 8.83. The van der Waals surface area contributed by atoms with Gasteiger partial charge in [-0.2, -0.15) is 0 Å². The van der Waals surface area contributed by atoms with Gasteiger partial charge in [0.1, 0.15) is 5.00 Å². The number of nitrogens with zero attached hydrogens (tertiary/aromatic N) is 2. The minimum atomic E-state index is -0.380. The van der Waals surface area contributed by atoms with Gasteiger partial charge >= 0.3 is 5.97 Å². The Morgan fingerprint density at radius 1 is 1.31 bits per heavy atom. The average molecular weight is 434 g/mol. The lowest BCUT2D eigenvalue weighted by molar-refractivity contribution is -0.113. The number of furan rings is 1. The van der Waals surface area contributed by atoms with E-state index in [1.54, 1.807) is 19.1 Å². The molecule has 0 unspecified atom stereocenters. The Kier molecular flexibility index (Phi) is 6.00. The number of ether oxygens (including phenoxy) is 1. The van der Waals surface area contributed by atoms with Gasteiger partial charge in [0, 0.05) is 4.88 Å². The highest BCUT2D eigenvalue weighted by atomic mass is 32.2. The van der Waals surface area contributed by atoms with Crippen molar-refractivity contribution in [1.29, 1.82) is 0 Å². The Bertz CT molecular complexity index is 1010. The maximum Gasteiger partial charge on any atom is 0.341 e.